The minimum Gasteiger partial charge on any atom is -0.548 e. The van der Waals surface area contributed by atoms with Crippen LogP contribution in [0.4, 0.5) is 0 Å². The molecule has 1 aliphatic heterocycles. The van der Waals surface area contributed by atoms with Gasteiger partial charge in [-0.3, -0.25) is 14.9 Å². The minimum absolute atomic E-state index is 0.143. The number of benzene rings is 1. The van der Waals surface area contributed by atoms with Crippen LogP contribution in [0.2, 0.25) is 0 Å². The molecule has 3 atom stereocenters. The van der Waals surface area contributed by atoms with Crippen LogP contribution >= 0.6 is 11.8 Å². The normalized spacial score (nSPS) is 21.7. The SMILES string of the molecule is CCCCNC(=O)[C@@H](NC(=O)Cc1ccccc1)[C@@H]1N[C@@H](C(=O)[O-])C(C)(C)S1. The highest BCUT2D eigenvalue weighted by atomic mass is 32.2. The Morgan fingerprint density at radius 3 is 2.50 bits per heavy atom. The van der Waals surface area contributed by atoms with E-state index in [0.29, 0.717) is 6.54 Å². The van der Waals surface area contributed by atoms with Crippen LogP contribution in [0.15, 0.2) is 30.3 Å². The predicted molar refractivity (Wildman–Crippen MR) is 107 cm³/mol. The van der Waals surface area contributed by atoms with Crippen molar-refractivity contribution in [3.8, 4) is 0 Å². The second-order valence-corrected chi connectivity index (χ2v) is 9.21. The van der Waals surface area contributed by atoms with Gasteiger partial charge in [0.1, 0.15) is 6.04 Å². The van der Waals surface area contributed by atoms with Gasteiger partial charge in [0.05, 0.1) is 23.8 Å². The third kappa shape index (κ3) is 5.97. The van der Waals surface area contributed by atoms with E-state index in [9.17, 15) is 19.5 Å². The molecule has 0 spiro atoms. The Balaban J connectivity index is 2.12. The first-order chi connectivity index (χ1) is 13.2. The second-order valence-electron chi connectivity index (χ2n) is 7.41. The Morgan fingerprint density at radius 1 is 1.25 bits per heavy atom. The fourth-order valence-electron chi connectivity index (χ4n) is 3.09. The second kappa shape index (κ2) is 9.93. The highest BCUT2D eigenvalue weighted by Crippen LogP contribution is 2.39. The molecule has 0 radical (unpaired) electrons. The number of unbranched alkanes of at least 4 members (excludes halogenated alkanes) is 1. The van der Waals surface area contributed by atoms with Gasteiger partial charge in [0.2, 0.25) is 11.8 Å². The molecule has 1 aromatic carbocycles. The van der Waals surface area contributed by atoms with E-state index in [-0.39, 0.29) is 18.2 Å². The average molecular weight is 407 g/mol. The van der Waals surface area contributed by atoms with E-state index in [1.165, 1.54) is 11.8 Å². The molecule has 1 aromatic rings. The lowest BCUT2D eigenvalue weighted by molar-refractivity contribution is -0.308. The minimum atomic E-state index is -1.22. The van der Waals surface area contributed by atoms with Gasteiger partial charge in [0.25, 0.3) is 0 Å². The number of aliphatic carboxylic acids is 1. The van der Waals surface area contributed by atoms with Crippen LogP contribution in [0, 0.1) is 0 Å². The number of hydrogen-bond acceptors (Lipinski definition) is 6. The zero-order chi connectivity index (χ0) is 20.7. The van der Waals surface area contributed by atoms with E-state index >= 15 is 0 Å². The monoisotopic (exact) mass is 406 g/mol. The lowest BCUT2D eigenvalue weighted by Crippen LogP contribution is -2.58. The highest BCUT2D eigenvalue weighted by molar-refractivity contribution is 8.01. The Hall–Kier alpha value is -2.06. The number of carbonyl (C=O) groups is 3. The summed E-state index contributed by atoms with van der Waals surface area (Å²) in [5.74, 6) is -1.84. The summed E-state index contributed by atoms with van der Waals surface area (Å²) in [6.07, 6.45) is 1.90. The smallest absolute Gasteiger partial charge is 0.245 e. The molecule has 3 N–H and O–H groups in total. The van der Waals surface area contributed by atoms with E-state index in [4.69, 9.17) is 0 Å². The van der Waals surface area contributed by atoms with Gasteiger partial charge < -0.3 is 20.5 Å². The molecule has 0 aliphatic carbocycles. The molecule has 28 heavy (non-hydrogen) atoms. The number of thioether (sulfide) groups is 1. The molecule has 2 amide bonds. The summed E-state index contributed by atoms with van der Waals surface area (Å²) < 4.78 is -0.671. The number of carboxylic acids is 1. The first-order valence-electron chi connectivity index (χ1n) is 9.50. The summed E-state index contributed by atoms with van der Waals surface area (Å²) in [6, 6.07) is 7.44. The van der Waals surface area contributed by atoms with Crippen molar-refractivity contribution >= 4 is 29.5 Å². The summed E-state index contributed by atoms with van der Waals surface area (Å²) in [4.78, 5) is 36.7. The number of carboxylic acid groups (broad SMARTS) is 1. The average Bonchev–Trinajstić information content (AvgIpc) is 2.96. The van der Waals surface area contributed by atoms with Crippen LogP contribution in [0.1, 0.15) is 39.2 Å². The van der Waals surface area contributed by atoms with Gasteiger partial charge in [0, 0.05) is 11.3 Å². The van der Waals surface area contributed by atoms with E-state index in [1.807, 2.05) is 37.3 Å². The molecular formula is C20H28N3O4S-. The van der Waals surface area contributed by atoms with Crippen molar-refractivity contribution in [2.45, 2.75) is 62.2 Å². The van der Waals surface area contributed by atoms with Gasteiger partial charge in [-0.15, -0.1) is 11.8 Å². The van der Waals surface area contributed by atoms with Gasteiger partial charge in [0.15, 0.2) is 0 Å². The van der Waals surface area contributed by atoms with Crippen LogP contribution in [0.3, 0.4) is 0 Å². The Bertz CT molecular complexity index is 696. The zero-order valence-corrected chi connectivity index (χ0v) is 17.3. The number of amides is 2. The molecular weight excluding hydrogens is 378 g/mol. The highest BCUT2D eigenvalue weighted by Gasteiger charge is 2.46. The van der Waals surface area contributed by atoms with Crippen molar-refractivity contribution in [1.82, 2.24) is 16.0 Å². The van der Waals surface area contributed by atoms with Crippen LogP contribution in [-0.2, 0) is 20.8 Å². The van der Waals surface area contributed by atoms with E-state index in [0.717, 1.165) is 18.4 Å². The van der Waals surface area contributed by atoms with Crippen LogP contribution in [0.5, 0.6) is 0 Å². The maximum absolute atomic E-state index is 12.7. The third-order valence-electron chi connectivity index (χ3n) is 4.63. The number of rotatable bonds is 9. The summed E-state index contributed by atoms with van der Waals surface area (Å²) in [7, 11) is 0. The topological polar surface area (TPSA) is 110 Å². The van der Waals surface area contributed by atoms with Crippen molar-refractivity contribution in [2.75, 3.05) is 6.54 Å². The zero-order valence-electron chi connectivity index (χ0n) is 16.5. The summed E-state index contributed by atoms with van der Waals surface area (Å²) >= 11 is 1.32. The quantitative estimate of drug-likeness (QED) is 0.505. The molecule has 0 saturated carbocycles. The third-order valence-corrected chi connectivity index (χ3v) is 6.14. The van der Waals surface area contributed by atoms with Gasteiger partial charge in [-0.1, -0.05) is 43.7 Å². The van der Waals surface area contributed by atoms with Crippen molar-refractivity contribution in [3.05, 3.63) is 35.9 Å². The number of nitrogens with one attached hydrogen (secondary N) is 3. The van der Waals surface area contributed by atoms with Crippen molar-refractivity contribution in [1.29, 1.82) is 0 Å². The van der Waals surface area contributed by atoms with Crippen molar-refractivity contribution < 1.29 is 19.5 Å². The first kappa shape index (κ1) is 22.2. The molecule has 7 nitrogen and oxygen atoms in total. The molecule has 1 saturated heterocycles. The first-order valence-corrected chi connectivity index (χ1v) is 10.4. The molecule has 0 aromatic heterocycles. The maximum Gasteiger partial charge on any atom is 0.245 e. The standard InChI is InChI=1S/C20H29N3O4S/c1-4-5-11-21-17(25)15(18-23-16(19(26)27)20(2,3)28-18)22-14(24)12-13-9-7-6-8-10-13/h6-10,15-16,18,23H,4-5,11-12H2,1-3H3,(H,21,25)(H,22,24)(H,26,27)/p-1/t15-,16+,18-/m1/s1. The molecule has 1 aliphatic rings. The molecule has 2 rings (SSSR count). The Morgan fingerprint density at radius 2 is 1.93 bits per heavy atom. The van der Waals surface area contributed by atoms with Crippen molar-refractivity contribution in [3.63, 3.8) is 0 Å². The van der Waals surface area contributed by atoms with Crippen molar-refractivity contribution in [2.24, 2.45) is 0 Å². The Labute approximate surface area is 170 Å². The molecule has 0 bridgehead atoms. The predicted octanol–water partition coefficient (Wildman–Crippen LogP) is 0.190. The van der Waals surface area contributed by atoms with E-state index in [1.54, 1.807) is 13.8 Å². The molecule has 154 valence electrons. The largest absolute Gasteiger partial charge is 0.548 e. The molecule has 8 heteroatoms. The number of carbonyl (C=O) groups excluding carboxylic acids is 3. The summed E-state index contributed by atoms with van der Waals surface area (Å²) in [6.45, 7) is 6.09. The van der Waals surface area contributed by atoms with Crippen LogP contribution < -0.4 is 21.1 Å². The fourth-order valence-corrected chi connectivity index (χ4v) is 4.58. The fraction of sp³-hybridized carbons (Fsp3) is 0.550. The molecule has 1 fully saturated rings. The summed E-state index contributed by atoms with van der Waals surface area (Å²) in [5, 5.41) is 19.4. The van der Waals surface area contributed by atoms with Gasteiger partial charge in [-0.05, 0) is 25.8 Å². The van der Waals surface area contributed by atoms with Gasteiger partial charge >= 0.3 is 0 Å². The van der Waals surface area contributed by atoms with Gasteiger partial charge in [-0.25, -0.2) is 0 Å². The van der Waals surface area contributed by atoms with E-state index in [2.05, 4.69) is 16.0 Å². The maximum atomic E-state index is 12.7. The van der Waals surface area contributed by atoms with Crippen LogP contribution in [0.25, 0.3) is 0 Å². The lowest BCUT2D eigenvalue weighted by atomic mass is 10.0. The molecule has 1 heterocycles. The summed E-state index contributed by atoms with van der Waals surface area (Å²) in [5.41, 5.74) is 0.838. The Kier molecular flexibility index (Phi) is 7.88. The van der Waals surface area contributed by atoms with E-state index < -0.39 is 28.2 Å². The number of hydrogen-bond donors (Lipinski definition) is 3. The van der Waals surface area contributed by atoms with Crippen LogP contribution in [-0.4, -0.2) is 46.5 Å². The molecule has 0 unspecified atom stereocenters. The van der Waals surface area contributed by atoms with Gasteiger partial charge in [-0.2, -0.15) is 0 Å². The lowest BCUT2D eigenvalue weighted by Gasteiger charge is -2.25.